The molecule has 2 amide bonds. The van der Waals surface area contributed by atoms with Crippen molar-refractivity contribution < 1.29 is 19.1 Å². The van der Waals surface area contributed by atoms with Gasteiger partial charge in [0, 0.05) is 31.5 Å². The molecule has 1 saturated carbocycles. The van der Waals surface area contributed by atoms with Gasteiger partial charge in [-0.2, -0.15) is 0 Å². The molecule has 2 fully saturated rings. The molecule has 1 saturated heterocycles. The fraction of sp³-hybridized carbons (Fsp3) is 0.571. The molecule has 0 bridgehead atoms. The summed E-state index contributed by atoms with van der Waals surface area (Å²) < 4.78 is 5.21. The first-order valence-electron chi connectivity index (χ1n) is 9.81. The number of esters is 1. The molecule has 1 aliphatic carbocycles. The highest BCUT2D eigenvalue weighted by Gasteiger charge is 2.44. The molecule has 1 aromatic rings. The minimum atomic E-state index is -0.386. The van der Waals surface area contributed by atoms with Crippen LogP contribution in [0.2, 0.25) is 0 Å². The third-order valence-corrected chi connectivity index (χ3v) is 5.62. The highest BCUT2D eigenvalue weighted by atomic mass is 16.5. The Hall–Kier alpha value is -2.37. The number of nitrogens with zero attached hydrogens (tertiary/aromatic N) is 1. The van der Waals surface area contributed by atoms with E-state index in [1.165, 1.54) is 5.56 Å². The van der Waals surface area contributed by atoms with Crippen LogP contribution in [0.3, 0.4) is 0 Å². The Kier molecular flexibility index (Phi) is 6.14. The maximum absolute atomic E-state index is 12.3. The molecule has 2 aliphatic rings. The van der Waals surface area contributed by atoms with Crippen LogP contribution in [0.1, 0.15) is 44.6 Å². The van der Waals surface area contributed by atoms with Crippen LogP contribution in [0.5, 0.6) is 0 Å². The predicted octanol–water partition coefficient (Wildman–Crippen LogP) is 2.03. The van der Waals surface area contributed by atoms with E-state index in [2.05, 4.69) is 17.4 Å². The number of rotatable bonds is 7. The van der Waals surface area contributed by atoms with Crippen LogP contribution < -0.4 is 5.32 Å². The van der Waals surface area contributed by atoms with Crippen molar-refractivity contribution in [2.75, 3.05) is 26.2 Å². The van der Waals surface area contributed by atoms with E-state index in [1.54, 1.807) is 4.90 Å². The van der Waals surface area contributed by atoms with E-state index in [1.807, 2.05) is 25.1 Å². The number of hydrogen-bond donors (Lipinski definition) is 1. The van der Waals surface area contributed by atoms with E-state index in [-0.39, 0.29) is 35.7 Å². The summed E-state index contributed by atoms with van der Waals surface area (Å²) in [6, 6.07) is 10.2. The van der Waals surface area contributed by atoms with Crippen LogP contribution in [0.25, 0.3) is 0 Å². The number of piperidine rings is 1. The third kappa shape index (κ3) is 4.87. The molecular weight excluding hydrogens is 344 g/mol. The molecule has 1 unspecified atom stereocenters. The van der Waals surface area contributed by atoms with Gasteiger partial charge in [-0.15, -0.1) is 0 Å². The molecule has 1 N–H and O–H groups in total. The number of ether oxygens (including phenoxy) is 1. The van der Waals surface area contributed by atoms with Crippen LogP contribution in [-0.2, 0) is 24.5 Å². The van der Waals surface area contributed by atoms with Crippen molar-refractivity contribution in [3.63, 3.8) is 0 Å². The first-order chi connectivity index (χ1) is 13.0. The van der Waals surface area contributed by atoms with Gasteiger partial charge in [0.05, 0.1) is 5.92 Å². The van der Waals surface area contributed by atoms with Crippen molar-refractivity contribution in [3.8, 4) is 0 Å². The Balaban J connectivity index is 1.41. The quantitative estimate of drug-likeness (QED) is 0.743. The van der Waals surface area contributed by atoms with Crippen LogP contribution in [0, 0.1) is 5.92 Å². The summed E-state index contributed by atoms with van der Waals surface area (Å²) in [5, 5.41) is 2.90. The van der Waals surface area contributed by atoms with Crippen molar-refractivity contribution in [3.05, 3.63) is 35.9 Å². The van der Waals surface area contributed by atoms with E-state index >= 15 is 0 Å². The summed E-state index contributed by atoms with van der Waals surface area (Å²) in [7, 11) is 0. The van der Waals surface area contributed by atoms with Gasteiger partial charge in [0.2, 0.25) is 5.91 Å². The fourth-order valence-electron chi connectivity index (χ4n) is 3.70. The number of carbonyl (C=O) groups is 3. The summed E-state index contributed by atoms with van der Waals surface area (Å²) in [4.78, 5) is 37.9. The predicted molar refractivity (Wildman–Crippen MR) is 101 cm³/mol. The van der Waals surface area contributed by atoms with Crippen LogP contribution in [-0.4, -0.2) is 48.9 Å². The van der Waals surface area contributed by atoms with E-state index in [4.69, 9.17) is 4.74 Å². The summed E-state index contributed by atoms with van der Waals surface area (Å²) in [6.45, 7) is 3.21. The fourth-order valence-corrected chi connectivity index (χ4v) is 3.70. The van der Waals surface area contributed by atoms with Gasteiger partial charge in [-0.1, -0.05) is 37.3 Å². The average Bonchev–Trinajstić information content (AvgIpc) is 3.52. The van der Waals surface area contributed by atoms with Gasteiger partial charge in [-0.3, -0.25) is 14.4 Å². The lowest BCUT2D eigenvalue weighted by Crippen LogP contribution is -2.43. The molecule has 146 valence electrons. The Morgan fingerprint density at radius 1 is 1.22 bits per heavy atom. The molecule has 1 aromatic carbocycles. The molecule has 3 rings (SSSR count). The van der Waals surface area contributed by atoms with Crippen LogP contribution in [0.4, 0.5) is 0 Å². The van der Waals surface area contributed by atoms with E-state index < -0.39 is 0 Å². The van der Waals surface area contributed by atoms with Crippen LogP contribution >= 0.6 is 0 Å². The molecule has 0 aromatic heterocycles. The van der Waals surface area contributed by atoms with Crippen molar-refractivity contribution in [1.29, 1.82) is 0 Å². The standard InChI is InChI=1S/C21H28N2O4/c1-2-19(25)23-12-6-7-16(13-23)20(26)27-14-18(24)22-15-21(10-11-21)17-8-4-3-5-9-17/h3-5,8-9,16H,2,6-7,10-15H2,1H3,(H,22,24). The number of hydrogen-bond acceptors (Lipinski definition) is 4. The van der Waals surface area contributed by atoms with E-state index in [9.17, 15) is 14.4 Å². The number of nitrogens with one attached hydrogen (secondary N) is 1. The van der Waals surface area contributed by atoms with Gasteiger partial charge < -0.3 is 15.0 Å². The second kappa shape index (κ2) is 8.55. The van der Waals surface area contributed by atoms with E-state index in [0.717, 1.165) is 19.3 Å². The Labute approximate surface area is 160 Å². The van der Waals surface area contributed by atoms with Crippen molar-refractivity contribution in [2.45, 2.75) is 44.4 Å². The average molecular weight is 372 g/mol. The van der Waals surface area contributed by atoms with Crippen LogP contribution in [0.15, 0.2) is 30.3 Å². The van der Waals surface area contributed by atoms with Gasteiger partial charge in [0.15, 0.2) is 6.61 Å². The first-order valence-corrected chi connectivity index (χ1v) is 9.81. The van der Waals surface area contributed by atoms with Crippen molar-refractivity contribution in [2.24, 2.45) is 5.92 Å². The highest BCUT2D eigenvalue weighted by Crippen LogP contribution is 2.47. The number of amides is 2. The zero-order valence-electron chi connectivity index (χ0n) is 15.9. The molecular formula is C21H28N2O4. The molecule has 0 spiro atoms. The normalized spacial score (nSPS) is 20.6. The molecule has 27 heavy (non-hydrogen) atoms. The highest BCUT2D eigenvalue weighted by molar-refractivity contribution is 5.82. The lowest BCUT2D eigenvalue weighted by atomic mass is 9.96. The van der Waals surface area contributed by atoms with Gasteiger partial charge in [0.25, 0.3) is 5.91 Å². The Bertz CT molecular complexity index is 685. The smallest absolute Gasteiger partial charge is 0.311 e. The number of carbonyl (C=O) groups excluding carboxylic acids is 3. The minimum Gasteiger partial charge on any atom is -0.455 e. The van der Waals surface area contributed by atoms with Gasteiger partial charge in [-0.25, -0.2) is 0 Å². The first kappa shape index (κ1) is 19.4. The zero-order valence-corrected chi connectivity index (χ0v) is 15.9. The Morgan fingerprint density at radius 3 is 2.63 bits per heavy atom. The summed E-state index contributed by atoms with van der Waals surface area (Å²) in [5.41, 5.74) is 1.27. The van der Waals surface area contributed by atoms with Crippen molar-refractivity contribution in [1.82, 2.24) is 10.2 Å². The number of likely N-dealkylation sites (tertiary alicyclic amines) is 1. The van der Waals surface area contributed by atoms with Gasteiger partial charge in [0.1, 0.15) is 0 Å². The SMILES string of the molecule is CCC(=O)N1CCCC(C(=O)OCC(=O)NCC2(c3ccccc3)CC2)C1. The summed E-state index contributed by atoms with van der Waals surface area (Å²) in [6.07, 6.45) is 4.04. The molecule has 1 heterocycles. The maximum Gasteiger partial charge on any atom is 0.311 e. The monoisotopic (exact) mass is 372 g/mol. The second-order valence-electron chi connectivity index (χ2n) is 7.56. The van der Waals surface area contributed by atoms with Gasteiger partial charge in [-0.05, 0) is 31.2 Å². The van der Waals surface area contributed by atoms with E-state index in [0.29, 0.717) is 32.5 Å². The topological polar surface area (TPSA) is 75.7 Å². The molecule has 6 nitrogen and oxygen atoms in total. The molecule has 1 atom stereocenters. The Morgan fingerprint density at radius 2 is 1.96 bits per heavy atom. The van der Waals surface area contributed by atoms with Gasteiger partial charge >= 0.3 is 5.97 Å². The summed E-state index contributed by atoms with van der Waals surface area (Å²) >= 11 is 0. The largest absolute Gasteiger partial charge is 0.455 e. The molecule has 1 aliphatic heterocycles. The maximum atomic E-state index is 12.3. The molecule has 0 radical (unpaired) electrons. The number of benzene rings is 1. The zero-order chi connectivity index (χ0) is 19.3. The third-order valence-electron chi connectivity index (χ3n) is 5.62. The minimum absolute atomic E-state index is 0.0330. The lowest BCUT2D eigenvalue weighted by molar-refractivity contribution is -0.155. The second-order valence-corrected chi connectivity index (χ2v) is 7.56. The lowest BCUT2D eigenvalue weighted by Gasteiger charge is -2.31. The summed E-state index contributed by atoms with van der Waals surface area (Å²) in [5.74, 6) is -0.937. The molecule has 6 heteroatoms. The van der Waals surface area contributed by atoms with Crippen molar-refractivity contribution >= 4 is 17.8 Å².